The van der Waals surface area contributed by atoms with Crippen molar-refractivity contribution in [3.63, 3.8) is 0 Å². The minimum Gasteiger partial charge on any atom is -1.00 e. The number of aliphatic hydroxyl groups is 6. The molecule has 7 amide bonds. The van der Waals surface area contributed by atoms with Crippen molar-refractivity contribution in [2.24, 2.45) is 5.92 Å². The van der Waals surface area contributed by atoms with Crippen molar-refractivity contribution in [1.29, 1.82) is 0 Å². The van der Waals surface area contributed by atoms with Gasteiger partial charge in [0.15, 0.2) is 11.5 Å². The molecule has 0 bridgehead atoms. The first-order chi connectivity index (χ1) is 42.2. The summed E-state index contributed by atoms with van der Waals surface area (Å²) in [6.07, 6.45) is -6.40. The van der Waals surface area contributed by atoms with Crippen LogP contribution >= 0.6 is 11.3 Å². The fourth-order valence-electron chi connectivity index (χ4n) is 10.9. The van der Waals surface area contributed by atoms with Crippen molar-refractivity contribution in [3.8, 4) is 38.4 Å². The van der Waals surface area contributed by atoms with E-state index in [2.05, 4.69) is 36.8 Å². The van der Waals surface area contributed by atoms with Crippen LogP contribution in [0.1, 0.15) is 81.1 Å². The number of nitrogens with zero attached hydrogens (tertiary/aromatic N) is 5. The zero-order chi connectivity index (χ0) is 64.9. The first kappa shape index (κ1) is 71.9. The second-order valence-electron chi connectivity index (χ2n) is 24.2. The molecule has 7 rings (SSSR count). The Kier molecular flexibility index (Phi) is 26.2. The van der Waals surface area contributed by atoms with Gasteiger partial charge in [-0.25, -0.2) is 0 Å². The highest BCUT2D eigenvalue weighted by atomic mass is 35.5. The predicted octanol–water partition coefficient (Wildman–Crippen LogP) is -3.69. The minimum atomic E-state index is -2.05. The van der Waals surface area contributed by atoms with E-state index in [0.717, 1.165) is 78.9 Å². The largest absolute Gasteiger partial charge is 1.00 e. The summed E-state index contributed by atoms with van der Waals surface area (Å²) < 4.78 is 11.3. The van der Waals surface area contributed by atoms with Gasteiger partial charge in [-0.1, -0.05) is 55.7 Å². The molecule has 1 aromatic heterocycles. The number of hydrogen-bond acceptors (Lipinski definition) is 20. The summed E-state index contributed by atoms with van der Waals surface area (Å²) in [6.45, 7) is 2.84. The molecule has 0 spiro atoms. The number of methoxy groups -OCH3 is 1. The molecule has 0 saturated carbocycles. The van der Waals surface area contributed by atoms with Crippen LogP contribution in [0.3, 0.4) is 0 Å². The molecule has 4 aromatic rings. The van der Waals surface area contributed by atoms with E-state index in [1.165, 1.54) is 29.5 Å². The molecule has 3 saturated heterocycles. The zero-order valence-corrected chi connectivity index (χ0v) is 52.8. The fourth-order valence-corrected chi connectivity index (χ4v) is 11.7. The third kappa shape index (κ3) is 19.2. The normalized spacial score (nSPS) is 25.1. The molecule has 3 aliphatic rings. The molecule has 3 aromatic carbocycles. The summed E-state index contributed by atoms with van der Waals surface area (Å²) in [4.78, 5) is 103. The van der Waals surface area contributed by atoms with Gasteiger partial charge in [-0.3, -0.25) is 33.6 Å². The van der Waals surface area contributed by atoms with Crippen LogP contribution in [0, 0.1) is 5.92 Å². The van der Waals surface area contributed by atoms with Crippen molar-refractivity contribution >= 4 is 52.7 Å². The van der Waals surface area contributed by atoms with Gasteiger partial charge >= 0.3 is 0 Å². The van der Waals surface area contributed by atoms with Crippen LogP contribution in [0.25, 0.3) is 21.1 Å². The summed E-state index contributed by atoms with van der Waals surface area (Å²) in [5, 5.41) is 111. The van der Waals surface area contributed by atoms with Gasteiger partial charge in [-0.2, -0.15) is 0 Å². The average molecular weight is 1300 g/mol. The predicted molar refractivity (Wildman–Crippen MR) is 323 cm³/mol. The number of carbonyl (C=O) groups excluding carboxylic acids is 7. The Morgan fingerprint density at radius 3 is 1.93 bits per heavy atom. The molecule has 27 nitrogen and oxygen atoms in total. The van der Waals surface area contributed by atoms with Gasteiger partial charge in [0.2, 0.25) is 35.4 Å². The molecule has 0 aliphatic carbocycles. The number of phenolic OH excluding ortho intramolecular Hbond substituents is 2. The number of unbranched alkanes of at least 4 members (excludes halogenated alkanes) is 4. The van der Waals surface area contributed by atoms with Crippen molar-refractivity contribution in [3.05, 3.63) is 77.9 Å². The standard InChI is InChI=1S/C61H84N10O17S.ClH/c1-33-31-70-51(52(33)79)57(84)62-30-39(73)28-42(63-53(80)36-13-15-37(16-14-36)58-67-68-59(89-58)38-17-19-41(20-18-38)88-25-11-9-7-8-10-24-87-6)54(81)64-48(34(2)72)60(85)69-32-40(74)29-43(69)55(82)65-49(47(78)27-35-12-21-44(75)46(77)26-35)56(83)66-50(61(70)86)45(76)22-23-71(3,4)5;/h12-21,26,33-34,39-40,42-43,45,47-52,72-74,76,78-79H,7-11,22-25,27-32H2,1-6H3,(H6-,62,63,64,65,66,67,75,77,80,81,82,83,84);1H/t33-,34+,39+,40+,42+,43+,45-,47-,48+,49+,50+,51+,52+;/m1./s1. The van der Waals surface area contributed by atoms with Crippen LogP contribution < -0.4 is 43.7 Å². The second-order valence-corrected chi connectivity index (χ2v) is 25.2. The Morgan fingerprint density at radius 1 is 0.711 bits per heavy atom. The molecular formula is C61H85ClN10O17S. The number of quaternary nitrogens is 1. The van der Waals surface area contributed by atoms with Crippen LogP contribution in [-0.2, 0) is 39.9 Å². The smallest absolute Gasteiger partial charge is 0.251 e. The maximum Gasteiger partial charge on any atom is 0.251 e. The van der Waals surface area contributed by atoms with E-state index in [1.54, 1.807) is 26.2 Å². The van der Waals surface area contributed by atoms with E-state index in [9.17, 15) is 74.4 Å². The van der Waals surface area contributed by atoms with Gasteiger partial charge in [0, 0.05) is 81.6 Å². The molecule has 13 atom stereocenters. The number of ether oxygens (including phenoxy) is 2. The Balaban J connectivity index is 0.0000129. The number of aromatic nitrogens is 2. The molecule has 3 fully saturated rings. The maximum absolute atomic E-state index is 14.9. The van der Waals surface area contributed by atoms with E-state index in [0.29, 0.717) is 22.2 Å². The van der Waals surface area contributed by atoms with Crippen LogP contribution in [0.4, 0.5) is 0 Å². The monoisotopic (exact) mass is 1300 g/mol. The van der Waals surface area contributed by atoms with Crippen molar-refractivity contribution in [2.45, 2.75) is 145 Å². The number of benzene rings is 3. The van der Waals surface area contributed by atoms with Crippen LogP contribution in [-0.4, -0.2) is 247 Å². The highest BCUT2D eigenvalue weighted by Gasteiger charge is 2.50. The quantitative estimate of drug-likeness (QED) is 0.0217. The highest BCUT2D eigenvalue weighted by Crippen LogP contribution is 2.32. The fraction of sp³-hybridized carbons (Fsp3) is 0.557. The van der Waals surface area contributed by atoms with Gasteiger partial charge in [-0.15, -0.1) is 10.2 Å². The third-order valence-electron chi connectivity index (χ3n) is 16.0. The zero-order valence-electron chi connectivity index (χ0n) is 51.2. The number of halogens is 1. The minimum absolute atomic E-state index is 0. The van der Waals surface area contributed by atoms with Crippen LogP contribution in [0.15, 0.2) is 66.7 Å². The lowest BCUT2D eigenvalue weighted by atomic mass is 9.98. The van der Waals surface area contributed by atoms with Crippen molar-refractivity contribution < 1.29 is 101 Å². The lowest BCUT2D eigenvalue weighted by Crippen LogP contribution is -3.00. The number of phenols is 2. The lowest BCUT2D eigenvalue weighted by Gasteiger charge is -2.34. The van der Waals surface area contributed by atoms with Crippen molar-refractivity contribution in [1.82, 2.24) is 46.6 Å². The third-order valence-corrected chi connectivity index (χ3v) is 17.0. The van der Waals surface area contributed by atoms with Gasteiger partial charge in [0.1, 0.15) is 52.0 Å². The van der Waals surface area contributed by atoms with E-state index < -0.39 is 164 Å². The Bertz CT molecular complexity index is 3080. The molecule has 4 heterocycles. The molecule has 13 N–H and O–H groups in total. The number of nitrogens with one attached hydrogen (secondary N) is 5. The van der Waals surface area contributed by atoms with E-state index in [1.807, 2.05) is 45.4 Å². The van der Waals surface area contributed by atoms with E-state index in [-0.39, 0.29) is 47.5 Å². The number of hydrogen-bond donors (Lipinski definition) is 13. The Labute approximate surface area is 532 Å². The Hall–Kier alpha value is -7.12. The summed E-state index contributed by atoms with van der Waals surface area (Å²) >= 11 is 1.31. The highest BCUT2D eigenvalue weighted by molar-refractivity contribution is 7.17. The number of aromatic hydroxyl groups is 2. The number of amides is 7. The van der Waals surface area contributed by atoms with Crippen molar-refractivity contribution in [2.75, 3.05) is 67.6 Å². The summed E-state index contributed by atoms with van der Waals surface area (Å²) in [5.74, 6) is -8.63. The second kappa shape index (κ2) is 32.8. The first-order valence-corrected chi connectivity index (χ1v) is 30.7. The summed E-state index contributed by atoms with van der Waals surface area (Å²) in [7, 11) is 7.12. The number of β-amino-alcohol motifs (C(OH)–C–C–N with tert-alkyl or cyclic N) is 1. The summed E-state index contributed by atoms with van der Waals surface area (Å²) in [5.41, 5.74) is 1.60. The number of carbonyl (C=O) groups is 7. The first-order valence-electron chi connectivity index (χ1n) is 29.9. The van der Waals surface area contributed by atoms with Gasteiger partial charge in [0.25, 0.3) is 5.91 Å². The van der Waals surface area contributed by atoms with Gasteiger partial charge in [0.05, 0.1) is 70.9 Å². The number of rotatable bonds is 21. The van der Waals surface area contributed by atoms with Gasteiger partial charge in [-0.05, 0) is 73.9 Å². The molecule has 0 unspecified atom stereocenters. The van der Waals surface area contributed by atoms with E-state index in [4.69, 9.17) is 9.47 Å². The number of fused-ring (bicyclic) bond motifs is 2. The molecule has 90 heavy (non-hydrogen) atoms. The molecule has 29 heteroatoms. The van der Waals surface area contributed by atoms with Crippen LogP contribution in [0.5, 0.6) is 17.2 Å². The molecule has 494 valence electrons. The molecule has 0 radical (unpaired) electrons. The SMILES string of the molecule is COCCCCCCCOc1ccc(-c2nnc(-c3ccc(C(=O)N[C@H]4C[C@H](O)CNC(=O)[C@@H]5[C@@H](O)[C@H](C)CN5C(=O)[C@H]([C@H](O)CC[N+](C)(C)C)NC(=O)[C@H]([C@H](O)Cc5ccc(O)c(O)c5)NC(=O)[C@@H]5C[C@H](O)CN5C(=O)[C@H]([C@H](C)O)NC4=O)cc3)s2)cc1.[Cl-]. The number of aliphatic hydroxyl groups excluding tert-OH is 6. The Morgan fingerprint density at radius 2 is 1.31 bits per heavy atom. The van der Waals surface area contributed by atoms with E-state index >= 15 is 0 Å². The molecular weight excluding hydrogens is 1210 g/mol. The van der Waals surface area contributed by atoms with Gasteiger partial charge < -0.3 is 104 Å². The molecule has 3 aliphatic heterocycles. The maximum atomic E-state index is 14.9. The van der Waals surface area contributed by atoms with Crippen LogP contribution in [0.2, 0.25) is 0 Å². The topological polar surface area (TPSA) is 392 Å². The average Bonchev–Trinajstić information content (AvgIpc) is 2.33. The summed E-state index contributed by atoms with van der Waals surface area (Å²) in [6, 6.07) is 6.27. The lowest BCUT2D eigenvalue weighted by molar-refractivity contribution is -0.870.